The lowest BCUT2D eigenvalue weighted by molar-refractivity contribution is -0.144. The number of allylic oxidation sites excluding steroid dienone is 1. The number of cyclic esters (lactones) is 1. The van der Waals surface area contributed by atoms with Gasteiger partial charge < -0.3 is 14.8 Å². The summed E-state index contributed by atoms with van der Waals surface area (Å²) in [5.74, 6) is 0.629. The monoisotopic (exact) mass is 492 g/mol. The number of rotatable bonds is 5. The third kappa shape index (κ3) is 5.01. The number of hydrogen-bond donors (Lipinski definition) is 1. The summed E-state index contributed by atoms with van der Waals surface area (Å²) in [5.41, 5.74) is 2.48. The summed E-state index contributed by atoms with van der Waals surface area (Å²) in [6.45, 7) is 4.15. The Labute approximate surface area is 211 Å². The largest absolute Gasteiger partial charge is 0.462 e. The van der Waals surface area contributed by atoms with E-state index >= 15 is 0 Å². The molecule has 5 rings (SSSR count). The molecule has 190 valence electrons. The van der Waals surface area contributed by atoms with Gasteiger partial charge in [0.25, 0.3) is 0 Å². The van der Waals surface area contributed by atoms with Gasteiger partial charge in [0, 0.05) is 23.7 Å². The van der Waals surface area contributed by atoms with Crippen LogP contribution in [0.25, 0.3) is 17.2 Å². The SMILES string of the molecule is CCOC(=O)N[C@H]1CC[C@@H]2[C@H](C1)C[C@@H]1C(=O)O[C@@H](C)[C@H]1[C@H]2C=Cc1ccc(-c2cccc(F)c2)cn1. The predicted octanol–water partition coefficient (Wildman–Crippen LogP) is 5.63. The normalized spacial score (nSPS) is 31.4. The van der Waals surface area contributed by atoms with Crippen LogP contribution in [0, 0.1) is 35.4 Å². The van der Waals surface area contributed by atoms with E-state index in [-0.39, 0.29) is 47.8 Å². The van der Waals surface area contributed by atoms with Gasteiger partial charge in [-0.15, -0.1) is 0 Å². The van der Waals surface area contributed by atoms with Crippen molar-refractivity contribution < 1.29 is 23.5 Å². The Morgan fingerprint density at radius 1 is 1.22 bits per heavy atom. The fourth-order valence-corrected chi connectivity index (χ4v) is 6.64. The fourth-order valence-electron chi connectivity index (χ4n) is 6.64. The first-order valence-electron chi connectivity index (χ1n) is 13.0. The molecule has 3 fully saturated rings. The van der Waals surface area contributed by atoms with Crippen molar-refractivity contribution >= 4 is 18.1 Å². The number of pyridine rings is 1. The second kappa shape index (κ2) is 10.4. The molecule has 0 spiro atoms. The molecule has 2 saturated carbocycles. The van der Waals surface area contributed by atoms with Crippen LogP contribution in [0.2, 0.25) is 0 Å². The Hall–Kier alpha value is -3.22. The summed E-state index contributed by atoms with van der Waals surface area (Å²) in [6, 6.07) is 10.4. The second-order valence-electron chi connectivity index (χ2n) is 10.3. The molecule has 1 N–H and O–H groups in total. The van der Waals surface area contributed by atoms with Crippen LogP contribution >= 0.6 is 0 Å². The number of aromatic nitrogens is 1. The van der Waals surface area contributed by atoms with Gasteiger partial charge in [0.05, 0.1) is 18.2 Å². The van der Waals surface area contributed by atoms with Gasteiger partial charge in [-0.3, -0.25) is 9.78 Å². The van der Waals surface area contributed by atoms with Crippen molar-refractivity contribution in [3.05, 3.63) is 60.2 Å². The van der Waals surface area contributed by atoms with Gasteiger partial charge in [0.15, 0.2) is 0 Å². The minimum Gasteiger partial charge on any atom is -0.462 e. The average Bonchev–Trinajstić information content (AvgIpc) is 3.15. The van der Waals surface area contributed by atoms with Crippen LogP contribution in [0.15, 0.2) is 48.7 Å². The predicted molar refractivity (Wildman–Crippen MR) is 134 cm³/mol. The molecule has 0 bridgehead atoms. The van der Waals surface area contributed by atoms with Crippen LogP contribution in [0.1, 0.15) is 45.2 Å². The van der Waals surface area contributed by atoms with E-state index in [1.54, 1.807) is 19.2 Å². The summed E-state index contributed by atoms with van der Waals surface area (Å²) in [7, 11) is 0. The molecular formula is C29H33FN2O4. The maximum atomic E-state index is 13.6. The molecule has 36 heavy (non-hydrogen) atoms. The van der Waals surface area contributed by atoms with E-state index in [1.807, 2.05) is 31.2 Å². The first-order valence-corrected chi connectivity index (χ1v) is 13.0. The summed E-state index contributed by atoms with van der Waals surface area (Å²) >= 11 is 0. The Morgan fingerprint density at radius 2 is 2.08 bits per heavy atom. The summed E-state index contributed by atoms with van der Waals surface area (Å²) in [4.78, 5) is 29.2. The molecule has 1 aromatic heterocycles. The first kappa shape index (κ1) is 24.5. The van der Waals surface area contributed by atoms with Crippen molar-refractivity contribution in [2.75, 3.05) is 6.61 Å². The molecule has 2 aliphatic carbocycles. The second-order valence-corrected chi connectivity index (χ2v) is 10.3. The van der Waals surface area contributed by atoms with Crippen LogP contribution in [-0.2, 0) is 14.3 Å². The van der Waals surface area contributed by atoms with Crippen molar-refractivity contribution in [2.24, 2.45) is 29.6 Å². The molecule has 0 unspecified atom stereocenters. The standard InChI is InChI=1S/C29H33FN2O4/c1-3-35-29(34)32-23-10-11-24-20(14-23)15-26-27(17(2)36-28(26)33)25(24)12-9-22-8-7-19(16-31-22)18-5-4-6-21(30)13-18/h4-9,12-13,16-17,20,23-27H,3,10-11,14-15H2,1-2H3,(H,32,34)/t17-,20+,23-,24+,25-,26-,27-/m0/s1. The number of esters is 1. The zero-order valence-electron chi connectivity index (χ0n) is 20.7. The van der Waals surface area contributed by atoms with Gasteiger partial charge in [0.1, 0.15) is 11.9 Å². The minimum atomic E-state index is -0.368. The third-order valence-electron chi connectivity index (χ3n) is 8.18. The molecule has 7 heteroatoms. The highest BCUT2D eigenvalue weighted by atomic mass is 19.1. The number of fused-ring (bicyclic) bond motifs is 2. The number of amides is 1. The lowest BCUT2D eigenvalue weighted by atomic mass is 9.57. The highest BCUT2D eigenvalue weighted by Crippen LogP contribution is 2.53. The number of carbonyl (C=O) groups is 2. The van der Waals surface area contributed by atoms with E-state index < -0.39 is 0 Å². The Bertz CT molecular complexity index is 1130. The maximum absolute atomic E-state index is 13.6. The molecule has 3 aliphatic rings. The van der Waals surface area contributed by atoms with Crippen LogP contribution < -0.4 is 5.32 Å². The van der Waals surface area contributed by atoms with E-state index in [0.717, 1.165) is 42.5 Å². The number of halogens is 1. The summed E-state index contributed by atoms with van der Waals surface area (Å²) < 4.78 is 24.3. The van der Waals surface area contributed by atoms with Gasteiger partial charge in [-0.2, -0.15) is 0 Å². The number of benzene rings is 1. The van der Waals surface area contributed by atoms with E-state index in [2.05, 4.69) is 16.4 Å². The highest BCUT2D eigenvalue weighted by Gasteiger charge is 2.54. The van der Waals surface area contributed by atoms with Crippen LogP contribution in [0.3, 0.4) is 0 Å². The van der Waals surface area contributed by atoms with Crippen LogP contribution in [0.5, 0.6) is 0 Å². The number of nitrogens with one attached hydrogen (secondary N) is 1. The number of hydrogen-bond acceptors (Lipinski definition) is 5. The summed E-state index contributed by atoms with van der Waals surface area (Å²) in [6.07, 6.45) is 9.07. The molecular weight excluding hydrogens is 459 g/mol. The van der Waals surface area contributed by atoms with Gasteiger partial charge in [-0.05, 0) is 87.1 Å². The van der Waals surface area contributed by atoms with Crippen molar-refractivity contribution in [1.82, 2.24) is 10.3 Å². The molecule has 2 aromatic rings. The third-order valence-corrected chi connectivity index (χ3v) is 8.18. The van der Waals surface area contributed by atoms with Crippen molar-refractivity contribution in [3.8, 4) is 11.1 Å². The number of nitrogens with zero attached hydrogens (tertiary/aromatic N) is 1. The van der Waals surface area contributed by atoms with Crippen LogP contribution in [0.4, 0.5) is 9.18 Å². The smallest absolute Gasteiger partial charge is 0.407 e. The topological polar surface area (TPSA) is 77.5 Å². The van der Waals surface area contributed by atoms with Gasteiger partial charge >= 0.3 is 12.1 Å². The highest BCUT2D eigenvalue weighted by molar-refractivity contribution is 5.75. The minimum absolute atomic E-state index is 0.0679. The maximum Gasteiger partial charge on any atom is 0.407 e. The van der Waals surface area contributed by atoms with E-state index in [1.165, 1.54) is 12.1 Å². The van der Waals surface area contributed by atoms with E-state index in [9.17, 15) is 14.0 Å². The molecule has 1 aliphatic heterocycles. The zero-order valence-corrected chi connectivity index (χ0v) is 20.7. The van der Waals surface area contributed by atoms with Crippen molar-refractivity contribution in [2.45, 2.75) is 51.7 Å². The van der Waals surface area contributed by atoms with Crippen molar-refractivity contribution in [3.63, 3.8) is 0 Å². The molecule has 1 aromatic carbocycles. The Kier molecular flexibility index (Phi) is 7.08. The summed E-state index contributed by atoms with van der Waals surface area (Å²) in [5, 5.41) is 3.00. The number of alkyl carbamates (subject to hydrolysis) is 1. The lowest BCUT2D eigenvalue weighted by Crippen LogP contribution is -2.48. The van der Waals surface area contributed by atoms with Crippen LogP contribution in [-0.4, -0.2) is 35.8 Å². The Morgan fingerprint density at radius 3 is 2.83 bits per heavy atom. The number of carbonyl (C=O) groups excluding carboxylic acids is 2. The molecule has 1 saturated heterocycles. The average molecular weight is 493 g/mol. The first-order chi connectivity index (χ1) is 17.4. The van der Waals surface area contributed by atoms with Gasteiger partial charge in [0.2, 0.25) is 0 Å². The molecule has 1 amide bonds. The quantitative estimate of drug-likeness (QED) is 0.548. The molecule has 6 nitrogen and oxygen atoms in total. The molecule has 2 heterocycles. The zero-order chi connectivity index (χ0) is 25.2. The van der Waals surface area contributed by atoms with Gasteiger partial charge in [-0.25, -0.2) is 9.18 Å². The molecule has 0 radical (unpaired) electrons. The number of ether oxygens (including phenoxy) is 2. The van der Waals surface area contributed by atoms with E-state index in [0.29, 0.717) is 18.4 Å². The Balaban J connectivity index is 1.34. The van der Waals surface area contributed by atoms with Gasteiger partial charge in [-0.1, -0.05) is 24.3 Å². The fraction of sp³-hybridized carbons (Fsp3) is 0.483. The lowest BCUT2D eigenvalue weighted by Gasteiger charge is -2.47. The van der Waals surface area contributed by atoms with Crippen molar-refractivity contribution in [1.29, 1.82) is 0 Å². The molecule has 7 atom stereocenters. The van der Waals surface area contributed by atoms with E-state index in [4.69, 9.17) is 9.47 Å².